The monoisotopic (exact) mass is 500 g/mol. The second-order valence-electron chi connectivity index (χ2n) is 8.60. The predicted molar refractivity (Wildman–Crippen MR) is 105 cm³/mol. The van der Waals surface area contributed by atoms with Crippen molar-refractivity contribution < 1.29 is 48.9 Å². The molecule has 32 heavy (non-hydrogen) atoms. The number of hydrogen-bond acceptors (Lipinski definition) is 9. The van der Waals surface area contributed by atoms with Gasteiger partial charge in [0.2, 0.25) is 10.3 Å². The van der Waals surface area contributed by atoms with E-state index < -0.39 is 67.7 Å². The van der Waals surface area contributed by atoms with Gasteiger partial charge in [0.25, 0.3) is 0 Å². The predicted octanol–water partition coefficient (Wildman–Crippen LogP) is 2.17. The smallest absolute Gasteiger partial charge is 0.424 e. The number of esters is 2. The summed E-state index contributed by atoms with van der Waals surface area (Å²) >= 11 is 0. The van der Waals surface area contributed by atoms with Crippen LogP contribution in [-0.4, -0.2) is 52.3 Å². The van der Waals surface area contributed by atoms with Crippen LogP contribution in [0.3, 0.4) is 0 Å². The summed E-state index contributed by atoms with van der Waals surface area (Å²) in [6, 6.07) is 0. The largest absolute Gasteiger partial charge is 0.461 e. The van der Waals surface area contributed by atoms with Gasteiger partial charge in [0.15, 0.2) is 10.0 Å². The van der Waals surface area contributed by atoms with Crippen LogP contribution in [0, 0.1) is 17.8 Å². The molecule has 2 unspecified atom stereocenters. The number of sulfonamides is 1. The first-order chi connectivity index (χ1) is 14.6. The SMILES string of the molecule is C=C(C)C(=O)OC12CC3CC(C1)C(OS(=O)(=O)[N-]S(=O)(=O)C(F)(F)C(=O)OCC)C(C3)C2. The van der Waals surface area contributed by atoms with Gasteiger partial charge < -0.3 is 13.6 Å². The zero-order valence-electron chi connectivity index (χ0n) is 17.5. The molecule has 4 aliphatic rings. The number of ether oxygens (including phenoxy) is 2. The van der Waals surface area contributed by atoms with Crippen LogP contribution in [0.4, 0.5) is 8.78 Å². The number of rotatable bonds is 9. The Kier molecular flexibility index (Phi) is 6.48. The Morgan fingerprint density at radius 3 is 2.19 bits per heavy atom. The van der Waals surface area contributed by atoms with Gasteiger partial charge in [-0.3, -0.25) is 4.18 Å². The number of nitrogens with zero attached hydrogens (tertiary/aromatic N) is 1. The average Bonchev–Trinajstić information content (AvgIpc) is 2.63. The van der Waals surface area contributed by atoms with Crippen LogP contribution in [0.5, 0.6) is 0 Å². The highest BCUT2D eigenvalue weighted by Gasteiger charge is 2.59. The van der Waals surface area contributed by atoms with Crippen LogP contribution in [0.25, 0.3) is 4.13 Å². The van der Waals surface area contributed by atoms with Crippen molar-refractivity contribution in [1.29, 1.82) is 0 Å². The molecule has 0 saturated heterocycles. The van der Waals surface area contributed by atoms with Crippen molar-refractivity contribution in [3.05, 3.63) is 16.3 Å². The zero-order chi connectivity index (χ0) is 24.1. The minimum Gasteiger partial charge on any atom is -0.461 e. The van der Waals surface area contributed by atoms with Crippen molar-refractivity contribution in [2.24, 2.45) is 17.8 Å². The number of alkyl halides is 2. The maximum Gasteiger partial charge on any atom is 0.424 e. The molecular formula is C18H24F2NO9S2-. The Morgan fingerprint density at radius 2 is 1.69 bits per heavy atom. The van der Waals surface area contributed by atoms with E-state index in [1.54, 1.807) is 0 Å². The molecule has 0 aromatic rings. The molecule has 4 bridgehead atoms. The molecule has 182 valence electrons. The molecule has 0 aromatic carbocycles. The first-order valence-electron chi connectivity index (χ1n) is 9.97. The highest BCUT2D eigenvalue weighted by Crippen LogP contribution is 2.58. The molecule has 0 amide bonds. The van der Waals surface area contributed by atoms with Gasteiger partial charge in [0.1, 0.15) is 5.60 Å². The fraction of sp³-hybridized carbons (Fsp3) is 0.778. The van der Waals surface area contributed by atoms with Crippen LogP contribution < -0.4 is 0 Å². The third-order valence-electron chi connectivity index (χ3n) is 6.05. The van der Waals surface area contributed by atoms with Gasteiger partial charge in [-0.05, 0) is 63.7 Å². The van der Waals surface area contributed by atoms with Crippen molar-refractivity contribution in [3.8, 4) is 0 Å². The summed E-state index contributed by atoms with van der Waals surface area (Å²) in [6.45, 7) is 5.69. The third-order valence-corrected chi connectivity index (χ3v) is 8.84. The second-order valence-corrected chi connectivity index (χ2v) is 11.7. The summed E-state index contributed by atoms with van der Waals surface area (Å²) in [4.78, 5) is 23.3. The zero-order valence-corrected chi connectivity index (χ0v) is 19.1. The number of hydrogen-bond donors (Lipinski definition) is 0. The minimum absolute atomic E-state index is 0.154. The average molecular weight is 501 g/mol. The molecule has 4 aliphatic carbocycles. The molecule has 0 aliphatic heterocycles. The summed E-state index contributed by atoms with van der Waals surface area (Å²) < 4.78 is 92.8. The van der Waals surface area contributed by atoms with Gasteiger partial charge in [0.05, 0.1) is 12.7 Å². The molecule has 14 heteroatoms. The van der Waals surface area contributed by atoms with Crippen molar-refractivity contribution in [2.75, 3.05) is 6.61 Å². The minimum atomic E-state index is -6.13. The summed E-state index contributed by atoms with van der Waals surface area (Å²) in [7, 11) is -11.5. The van der Waals surface area contributed by atoms with E-state index in [9.17, 15) is 35.2 Å². The van der Waals surface area contributed by atoms with Gasteiger partial charge in [0, 0.05) is 5.57 Å². The van der Waals surface area contributed by atoms with E-state index in [2.05, 4.69) is 15.4 Å². The Labute approximate surface area is 185 Å². The van der Waals surface area contributed by atoms with Gasteiger partial charge in [-0.15, -0.1) is 0 Å². The van der Waals surface area contributed by atoms with Crippen LogP contribution in [0.15, 0.2) is 12.2 Å². The lowest BCUT2D eigenvalue weighted by molar-refractivity contribution is -0.198. The van der Waals surface area contributed by atoms with E-state index in [4.69, 9.17) is 8.92 Å². The molecule has 0 N–H and O–H groups in total. The molecule has 10 nitrogen and oxygen atoms in total. The van der Waals surface area contributed by atoms with Crippen molar-refractivity contribution >= 4 is 32.3 Å². The second kappa shape index (κ2) is 8.29. The first-order valence-corrected chi connectivity index (χ1v) is 12.8. The van der Waals surface area contributed by atoms with E-state index in [0.29, 0.717) is 19.3 Å². The Bertz CT molecular complexity index is 1010. The highest BCUT2D eigenvalue weighted by molar-refractivity contribution is 8.11. The van der Waals surface area contributed by atoms with Crippen molar-refractivity contribution in [3.63, 3.8) is 0 Å². The maximum atomic E-state index is 13.9. The molecule has 0 radical (unpaired) electrons. The molecule has 0 spiro atoms. The van der Waals surface area contributed by atoms with E-state index >= 15 is 0 Å². The molecule has 0 heterocycles. The Morgan fingerprint density at radius 1 is 1.12 bits per heavy atom. The molecular weight excluding hydrogens is 476 g/mol. The van der Waals surface area contributed by atoms with Crippen LogP contribution in [0.2, 0.25) is 0 Å². The van der Waals surface area contributed by atoms with E-state index in [0.717, 1.165) is 0 Å². The van der Waals surface area contributed by atoms with Crippen LogP contribution in [-0.2, 0) is 43.6 Å². The van der Waals surface area contributed by atoms with Gasteiger partial charge in [-0.25, -0.2) is 26.4 Å². The van der Waals surface area contributed by atoms with Gasteiger partial charge in [-0.2, -0.15) is 8.78 Å². The van der Waals surface area contributed by atoms with Crippen molar-refractivity contribution in [2.45, 2.75) is 62.9 Å². The molecule has 4 rings (SSSR count). The molecule has 4 saturated carbocycles. The fourth-order valence-corrected chi connectivity index (χ4v) is 7.46. The van der Waals surface area contributed by atoms with Crippen molar-refractivity contribution in [1.82, 2.24) is 0 Å². The quantitative estimate of drug-likeness (QED) is 0.343. The Balaban J connectivity index is 1.74. The first kappa shape index (κ1) is 25.0. The topological polar surface area (TPSA) is 144 Å². The van der Waals surface area contributed by atoms with E-state index in [1.807, 2.05) is 0 Å². The van der Waals surface area contributed by atoms with Gasteiger partial charge in [-0.1, -0.05) is 6.58 Å². The van der Waals surface area contributed by atoms with Crippen LogP contribution in [0.1, 0.15) is 46.0 Å². The lowest BCUT2D eigenvalue weighted by Crippen LogP contribution is -2.59. The number of halogens is 2. The summed E-state index contributed by atoms with van der Waals surface area (Å²) in [5.74, 6) is -3.65. The maximum absolute atomic E-state index is 13.9. The molecule has 0 aromatic heterocycles. The highest BCUT2D eigenvalue weighted by atomic mass is 32.3. The lowest BCUT2D eigenvalue weighted by atomic mass is 9.53. The summed E-state index contributed by atoms with van der Waals surface area (Å²) in [5, 5.41) is -5.19. The van der Waals surface area contributed by atoms with E-state index in [-0.39, 0.29) is 24.3 Å². The third kappa shape index (κ3) is 4.68. The molecule has 2 atom stereocenters. The van der Waals surface area contributed by atoms with Gasteiger partial charge >= 0.3 is 17.2 Å². The standard InChI is InChI=1S/C18H24F2NO9S2/c1-4-28-16(23)18(19,20)31(24,25)21-32(26,27)30-14-12-5-11-6-13(14)9-17(7-11,8-12)29-15(22)10(2)3/h11-14H,2,4-9H2,1,3H3/q-1. The Hall–Kier alpha value is -1.64. The summed E-state index contributed by atoms with van der Waals surface area (Å²) in [5.41, 5.74) is -0.571. The molecule has 4 fully saturated rings. The van der Waals surface area contributed by atoms with Crippen LogP contribution >= 0.6 is 0 Å². The van der Waals surface area contributed by atoms with E-state index in [1.165, 1.54) is 13.8 Å². The number of carbonyl (C=O) groups is 2. The number of carbonyl (C=O) groups excluding carboxylic acids is 2. The lowest BCUT2D eigenvalue weighted by Gasteiger charge is -2.58. The normalized spacial score (nSPS) is 31.9. The fourth-order valence-electron chi connectivity index (χ4n) is 5.11. The summed E-state index contributed by atoms with van der Waals surface area (Å²) in [6.07, 6.45) is 1.27.